The number of carbonyl (C=O) groups is 3. The molecule has 0 saturated carbocycles. The van der Waals surface area contributed by atoms with Gasteiger partial charge in [0.2, 0.25) is 0 Å². The van der Waals surface area contributed by atoms with Crippen LogP contribution in [-0.2, 0) is 28.6 Å². The van der Waals surface area contributed by atoms with Gasteiger partial charge in [-0.15, -0.1) is 0 Å². The number of hydrogen-bond donors (Lipinski definition) is 0. The van der Waals surface area contributed by atoms with Gasteiger partial charge in [-0.1, -0.05) is 206 Å². The summed E-state index contributed by atoms with van der Waals surface area (Å²) in [6, 6.07) is 0. The van der Waals surface area contributed by atoms with Gasteiger partial charge in [-0.3, -0.25) is 14.4 Å². The average Bonchev–Trinajstić information content (AvgIpc) is 3.17. The predicted octanol–water partition coefficient (Wildman–Crippen LogP) is 14.8. The molecule has 0 radical (unpaired) electrons. The van der Waals surface area contributed by atoms with Gasteiger partial charge in [-0.05, 0) is 44.9 Å². The number of ether oxygens (including phenoxy) is 3. The first-order chi connectivity index (χ1) is 26.5. The van der Waals surface area contributed by atoms with Gasteiger partial charge < -0.3 is 14.2 Å². The van der Waals surface area contributed by atoms with Crippen LogP contribution in [0.3, 0.4) is 0 Å². The summed E-state index contributed by atoms with van der Waals surface area (Å²) in [4.78, 5) is 37.7. The molecule has 0 aliphatic rings. The van der Waals surface area contributed by atoms with Gasteiger partial charge in [0.1, 0.15) is 13.2 Å². The van der Waals surface area contributed by atoms with E-state index in [4.69, 9.17) is 14.2 Å². The molecular formula is C48H88O6. The zero-order valence-corrected chi connectivity index (χ0v) is 36.0. The SMILES string of the molecule is CCCCC/C=C\C=C/CCCCCCCCC(=O)OCC(COC(=O)CCCCCCCCCCCC)OC(=O)CCCCCCCCCCCCC. The molecule has 0 bridgehead atoms. The summed E-state index contributed by atoms with van der Waals surface area (Å²) >= 11 is 0. The third kappa shape index (κ3) is 41.1. The zero-order valence-electron chi connectivity index (χ0n) is 36.0. The van der Waals surface area contributed by atoms with Crippen molar-refractivity contribution in [1.82, 2.24) is 0 Å². The number of allylic oxidation sites excluding steroid dienone is 4. The Morgan fingerprint density at radius 2 is 0.648 bits per heavy atom. The molecule has 0 aliphatic carbocycles. The van der Waals surface area contributed by atoms with Gasteiger partial charge in [0.05, 0.1) is 0 Å². The van der Waals surface area contributed by atoms with Crippen molar-refractivity contribution in [3.63, 3.8) is 0 Å². The smallest absolute Gasteiger partial charge is 0.306 e. The van der Waals surface area contributed by atoms with E-state index >= 15 is 0 Å². The quantitative estimate of drug-likeness (QED) is 0.0267. The van der Waals surface area contributed by atoms with Gasteiger partial charge in [0.15, 0.2) is 6.10 Å². The van der Waals surface area contributed by atoms with E-state index < -0.39 is 6.10 Å². The van der Waals surface area contributed by atoms with Crippen molar-refractivity contribution in [3.05, 3.63) is 24.3 Å². The second-order valence-corrected chi connectivity index (χ2v) is 15.7. The largest absolute Gasteiger partial charge is 0.462 e. The van der Waals surface area contributed by atoms with E-state index in [9.17, 15) is 14.4 Å². The number of rotatable bonds is 42. The Bertz CT molecular complexity index is 880. The van der Waals surface area contributed by atoms with Gasteiger partial charge in [-0.2, -0.15) is 0 Å². The second-order valence-electron chi connectivity index (χ2n) is 15.7. The highest BCUT2D eigenvalue weighted by Gasteiger charge is 2.19. The molecule has 0 saturated heterocycles. The van der Waals surface area contributed by atoms with Crippen molar-refractivity contribution in [2.45, 2.75) is 252 Å². The summed E-state index contributed by atoms with van der Waals surface area (Å²) in [6.45, 7) is 6.58. The third-order valence-electron chi connectivity index (χ3n) is 10.2. The van der Waals surface area contributed by atoms with Crippen LogP contribution in [0.5, 0.6) is 0 Å². The fourth-order valence-electron chi connectivity index (χ4n) is 6.67. The molecule has 0 aromatic carbocycles. The Morgan fingerprint density at radius 1 is 0.370 bits per heavy atom. The van der Waals surface area contributed by atoms with Crippen LogP contribution in [0.15, 0.2) is 24.3 Å². The van der Waals surface area contributed by atoms with E-state index in [0.29, 0.717) is 19.3 Å². The van der Waals surface area contributed by atoms with Crippen LogP contribution in [0.4, 0.5) is 0 Å². The van der Waals surface area contributed by atoms with E-state index in [1.54, 1.807) is 0 Å². The van der Waals surface area contributed by atoms with Crippen molar-refractivity contribution in [1.29, 1.82) is 0 Å². The molecule has 0 aromatic rings. The first-order valence-electron chi connectivity index (χ1n) is 23.4. The number of carbonyl (C=O) groups excluding carboxylic acids is 3. The molecule has 1 unspecified atom stereocenters. The van der Waals surface area contributed by atoms with Crippen molar-refractivity contribution in [3.8, 4) is 0 Å². The molecule has 0 aliphatic heterocycles. The summed E-state index contributed by atoms with van der Waals surface area (Å²) in [5.41, 5.74) is 0. The maximum Gasteiger partial charge on any atom is 0.306 e. The highest BCUT2D eigenvalue weighted by Crippen LogP contribution is 2.15. The minimum atomic E-state index is -0.767. The van der Waals surface area contributed by atoms with Gasteiger partial charge in [0, 0.05) is 19.3 Å². The summed E-state index contributed by atoms with van der Waals surface area (Å²) in [7, 11) is 0. The summed E-state index contributed by atoms with van der Waals surface area (Å²) < 4.78 is 16.7. The van der Waals surface area contributed by atoms with Crippen LogP contribution < -0.4 is 0 Å². The molecule has 0 aromatic heterocycles. The van der Waals surface area contributed by atoms with Crippen molar-refractivity contribution in [2.75, 3.05) is 13.2 Å². The maximum absolute atomic E-state index is 12.7. The van der Waals surface area contributed by atoms with Crippen LogP contribution in [0.1, 0.15) is 245 Å². The summed E-state index contributed by atoms with van der Waals surface area (Å²) in [6.07, 6.45) is 47.2. The molecule has 6 heteroatoms. The number of unbranched alkanes of at least 4 members (excludes halogenated alkanes) is 28. The lowest BCUT2D eigenvalue weighted by atomic mass is 10.1. The molecule has 0 rings (SSSR count). The Kier molecular flexibility index (Phi) is 41.9. The molecule has 0 fully saturated rings. The third-order valence-corrected chi connectivity index (χ3v) is 10.2. The topological polar surface area (TPSA) is 78.9 Å². The van der Waals surface area contributed by atoms with E-state index in [0.717, 1.165) is 64.2 Å². The lowest BCUT2D eigenvalue weighted by Gasteiger charge is -2.18. The van der Waals surface area contributed by atoms with Crippen molar-refractivity contribution in [2.24, 2.45) is 0 Å². The highest BCUT2D eigenvalue weighted by atomic mass is 16.6. The molecule has 316 valence electrons. The summed E-state index contributed by atoms with van der Waals surface area (Å²) in [5.74, 6) is -0.879. The standard InChI is InChI=1S/C48H88O6/c1-4-7-10-13-16-19-22-23-24-25-27-29-32-35-38-41-47(50)53-44-45(43-52-46(49)40-37-34-31-28-21-18-15-12-9-6-3)54-48(51)42-39-36-33-30-26-20-17-14-11-8-5-2/h16,19,22-23,45H,4-15,17-18,20-21,24-44H2,1-3H3/b19-16-,23-22-. The predicted molar refractivity (Wildman–Crippen MR) is 229 cm³/mol. The van der Waals surface area contributed by atoms with Crippen LogP contribution >= 0.6 is 0 Å². The number of esters is 3. The molecule has 0 amide bonds. The first-order valence-corrected chi connectivity index (χ1v) is 23.4. The fraction of sp³-hybridized carbons (Fsp3) is 0.854. The molecule has 0 spiro atoms. The van der Waals surface area contributed by atoms with Gasteiger partial charge in [-0.25, -0.2) is 0 Å². The normalized spacial score (nSPS) is 12.1. The lowest BCUT2D eigenvalue weighted by molar-refractivity contribution is -0.167. The van der Waals surface area contributed by atoms with Crippen LogP contribution in [0.2, 0.25) is 0 Å². The van der Waals surface area contributed by atoms with Crippen molar-refractivity contribution < 1.29 is 28.6 Å². The van der Waals surface area contributed by atoms with Gasteiger partial charge >= 0.3 is 17.9 Å². The average molecular weight is 761 g/mol. The number of hydrogen-bond acceptors (Lipinski definition) is 6. The molecule has 0 N–H and O–H groups in total. The minimum absolute atomic E-state index is 0.0711. The molecule has 6 nitrogen and oxygen atoms in total. The highest BCUT2D eigenvalue weighted by molar-refractivity contribution is 5.71. The molecule has 1 atom stereocenters. The van der Waals surface area contributed by atoms with E-state index in [1.807, 2.05) is 0 Å². The maximum atomic E-state index is 12.7. The van der Waals surface area contributed by atoms with Gasteiger partial charge in [0.25, 0.3) is 0 Å². The Morgan fingerprint density at radius 3 is 1.02 bits per heavy atom. The fourth-order valence-corrected chi connectivity index (χ4v) is 6.67. The zero-order chi connectivity index (χ0) is 39.4. The monoisotopic (exact) mass is 761 g/mol. The second kappa shape index (κ2) is 43.6. The lowest BCUT2D eigenvalue weighted by Crippen LogP contribution is -2.30. The van der Waals surface area contributed by atoms with E-state index in [-0.39, 0.29) is 31.1 Å². The van der Waals surface area contributed by atoms with Crippen LogP contribution in [0.25, 0.3) is 0 Å². The Labute approximate surface area is 334 Å². The van der Waals surface area contributed by atoms with E-state index in [2.05, 4.69) is 45.1 Å². The molecular weight excluding hydrogens is 673 g/mol. The van der Waals surface area contributed by atoms with Crippen LogP contribution in [0, 0.1) is 0 Å². The summed E-state index contributed by atoms with van der Waals surface area (Å²) in [5, 5.41) is 0. The van der Waals surface area contributed by atoms with E-state index in [1.165, 1.54) is 141 Å². The van der Waals surface area contributed by atoms with Crippen LogP contribution in [-0.4, -0.2) is 37.2 Å². The molecule has 0 heterocycles. The Hall–Kier alpha value is -2.11. The first kappa shape index (κ1) is 51.9. The minimum Gasteiger partial charge on any atom is -0.462 e. The van der Waals surface area contributed by atoms with Crippen molar-refractivity contribution >= 4 is 17.9 Å². The Balaban J connectivity index is 4.34. The molecule has 54 heavy (non-hydrogen) atoms.